The minimum atomic E-state index is 0.748. The van der Waals surface area contributed by atoms with E-state index in [-0.39, 0.29) is 0 Å². The van der Waals surface area contributed by atoms with Gasteiger partial charge in [0, 0.05) is 6.54 Å². The molecule has 3 aliphatic rings. The third-order valence-corrected chi connectivity index (χ3v) is 6.05. The minimum absolute atomic E-state index is 0.748. The predicted molar refractivity (Wildman–Crippen MR) is 81.3 cm³/mol. The van der Waals surface area contributed by atoms with Crippen LogP contribution >= 0.6 is 0 Å². The lowest BCUT2D eigenvalue weighted by atomic mass is 9.82. The highest BCUT2D eigenvalue weighted by molar-refractivity contribution is 5.00. The maximum Gasteiger partial charge on any atom is 0.00387 e. The van der Waals surface area contributed by atoms with Crippen LogP contribution < -0.4 is 0 Å². The second kappa shape index (κ2) is 5.73. The molecule has 2 saturated carbocycles. The standard InChI is InChI=1S/C17H32N2/c1-18(2)9-5-10-19-11-8-17(14-19)12-15-6-3-4-7-16(15)13-17/h15-16H,3-14H2,1-2H3/t15-,16-/m1/s1. The highest BCUT2D eigenvalue weighted by Gasteiger charge is 2.48. The molecule has 19 heavy (non-hydrogen) atoms. The second-order valence-electron chi connectivity index (χ2n) is 7.90. The Labute approximate surface area is 119 Å². The minimum Gasteiger partial charge on any atom is -0.309 e. The first kappa shape index (κ1) is 13.9. The summed E-state index contributed by atoms with van der Waals surface area (Å²) in [6, 6.07) is 0. The smallest absolute Gasteiger partial charge is 0.00387 e. The number of nitrogens with zero attached hydrogens (tertiary/aromatic N) is 2. The molecule has 0 unspecified atom stereocenters. The fraction of sp³-hybridized carbons (Fsp3) is 1.00. The first-order valence-electron chi connectivity index (χ1n) is 8.54. The van der Waals surface area contributed by atoms with E-state index in [1.54, 1.807) is 25.7 Å². The van der Waals surface area contributed by atoms with E-state index >= 15 is 0 Å². The van der Waals surface area contributed by atoms with Gasteiger partial charge in [-0.3, -0.25) is 0 Å². The quantitative estimate of drug-likeness (QED) is 0.769. The summed E-state index contributed by atoms with van der Waals surface area (Å²) in [6.45, 7) is 5.38. The third-order valence-electron chi connectivity index (χ3n) is 6.05. The van der Waals surface area contributed by atoms with Crippen molar-refractivity contribution < 1.29 is 0 Å². The fourth-order valence-electron chi connectivity index (χ4n) is 5.18. The molecule has 0 N–H and O–H groups in total. The monoisotopic (exact) mass is 264 g/mol. The maximum absolute atomic E-state index is 2.76. The summed E-state index contributed by atoms with van der Waals surface area (Å²) in [5.41, 5.74) is 0.748. The molecule has 1 saturated heterocycles. The normalized spacial score (nSPS) is 34.3. The van der Waals surface area contributed by atoms with Gasteiger partial charge in [0.25, 0.3) is 0 Å². The van der Waals surface area contributed by atoms with Crippen molar-refractivity contribution in [1.82, 2.24) is 9.80 Å². The van der Waals surface area contributed by atoms with Crippen molar-refractivity contribution in [3.63, 3.8) is 0 Å². The van der Waals surface area contributed by atoms with Gasteiger partial charge >= 0.3 is 0 Å². The van der Waals surface area contributed by atoms with E-state index in [1.807, 2.05) is 0 Å². The SMILES string of the molecule is CN(C)CCCN1CCC2(C[C@H]3CCCC[C@@H]3C2)C1. The van der Waals surface area contributed by atoms with Gasteiger partial charge in [-0.25, -0.2) is 0 Å². The molecule has 110 valence electrons. The van der Waals surface area contributed by atoms with Gasteiger partial charge in [0.05, 0.1) is 0 Å². The second-order valence-corrected chi connectivity index (χ2v) is 7.90. The van der Waals surface area contributed by atoms with Crippen LogP contribution in [0.5, 0.6) is 0 Å². The third kappa shape index (κ3) is 3.16. The molecule has 0 aromatic heterocycles. The van der Waals surface area contributed by atoms with E-state index in [0.717, 1.165) is 17.3 Å². The molecule has 1 spiro atoms. The molecule has 1 heterocycles. The van der Waals surface area contributed by atoms with Crippen molar-refractivity contribution in [2.45, 2.75) is 51.4 Å². The average molecular weight is 264 g/mol. The Bertz CT molecular complexity index is 286. The average Bonchev–Trinajstić information content (AvgIpc) is 2.92. The Morgan fingerprint density at radius 3 is 2.42 bits per heavy atom. The van der Waals surface area contributed by atoms with Crippen molar-refractivity contribution in [3.05, 3.63) is 0 Å². The van der Waals surface area contributed by atoms with Gasteiger partial charge in [0.2, 0.25) is 0 Å². The van der Waals surface area contributed by atoms with Crippen LogP contribution in [-0.4, -0.2) is 50.1 Å². The Kier molecular flexibility index (Phi) is 4.19. The van der Waals surface area contributed by atoms with Gasteiger partial charge in [-0.05, 0) is 76.7 Å². The van der Waals surface area contributed by atoms with E-state index < -0.39 is 0 Å². The van der Waals surface area contributed by atoms with E-state index in [0.29, 0.717) is 0 Å². The Morgan fingerprint density at radius 2 is 1.79 bits per heavy atom. The molecule has 1 aliphatic heterocycles. The van der Waals surface area contributed by atoms with Gasteiger partial charge in [0.15, 0.2) is 0 Å². The highest BCUT2D eigenvalue weighted by atomic mass is 15.2. The summed E-state index contributed by atoms with van der Waals surface area (Å²) in [7, 11) is 4.38. The van der Waals surface area contributed by atoms with Crippen LogP contribution in [0, 0.1) is 17.3 Å². The van der Waals surface area contributed by atoms with E-state index in [4.69, 9.17) is 0 Å². The van der Waals surface area contributed by atoms with Crippen molar-refractivity contribution in [1.29, 1.82) is 0 Å². The Balaban J connectivity index is 1.48. The lowest BCUT2D eigenvalue weighted by Gasteiger charge is -2.24. The van der Waals surface area contributed by atoms with Gasteiger partial charge in [-0.1, -0.05) is 25.7 Å². The molecule has 2 atom stereocenters. The van der Waals surface area contributed by atoms with Crippen LogP contribution in [0.25, 0.3) is 0 Å². The van der Waals surface area contributed by atoms with Gasteiger partial charge in [-0.2, -0.15) is 0 Å². The number of rotatable bonds is 4. The van der Waals surface area contributed by atoms with E-state index in [1.165, 1.54) is 51.9 Å². The van der Waals surface area contributed by atoms with Crippen LogP contribution in [0.3, 0.4) is 0 Å². The van der Waals surface area contributed by atoms with Crippen LogP contribution in [0.15, 0.2) is 0 Å². The molecular weight excluding hydrogens is 232 g/mol. The zero-order valence-electron chi connectivity index (χ0n) is 13.0. The highest BCUT2D eigenvalue weighted by Crippen LogP contribution is 2.55. The molecule has 3 rings (SSSR count). The molecular formula is C17H32N2. The topological polar surface area (TPSA) is 6.48 Å². The van der Waals surface area contributed by atoms with Gasteiger partial charge in [0.1, 0.15) is 0 Å². The van der Waals surface area contributed by atoms with Crippen molar-refractivity contribution in [2.75, 3.05) is 40.3 Å². The zero-order valence-corrected chi connectivity index (χ0v) is 13.0. The molecule has 2 aliphatic carbocycles. The predicted octanol–water partition coefficient (Wildman–Crippen LogP) is 3.23. The molecule has 2 nitrogen and oxygen atoms in total. The Hall–Kier alpha value is -0.0800. The molecule has 0 radical (unpaired) electrons. The summed E-state index contributed by atoms with van der Waals surface area (Å²) in [4.78, 5) is 5.08. The number of hydrogen-bond acceptors (Lipinski definition) is 2. The van der Waals surface area contributed by atoms with Gasteiger partial charge in [-0.15, -0.1) is 0 Å². The van der Waals surface area contributed by atoms with Crippen LogP contribution in [0.1, 0.15) is 51.4 Å². The summed E-state index contributed by atoms with van der Waals surface area (Å²) < 4.78 is 0. The lowest BCUT2D eigenvalue weighted by molar-refractivity contribution is 0.242. The molecule has 0 aromatic rings. The summed E-state index contributed by atoms with van der Waals surface area (Å²) in [5.74, 6) is 2.21. The first-order valence-corrected chi connectivity index (χ1v) is 8.54. The molecule has 0 bridgehead atoms. The fourth-order valence-corrected chi connectivity index (χ4v) is 5.18. The molecule has 0 aromatic carbocycles. The van der Waals surface area contributed by atoms with Crippen LogP contribution in [0.2, 0.25) is 0 Å². The summed E-state index contributed by atoms with van der Waals surface area (Å²) in [5, 5.41) is 0. The number of fused-ring (bicyclic) bond motifs is 1. The lowest BCUT2D eigenvalue weighted by Crippen LogP contribution is -2.28. The maximum atomic E-state index is 2.76. The molecule has 2 heteroatoms. The number of hydrogen-bond donors (Lipinski definition) is 0. The first-order chi connectivity index (χ1) is 9.17. The van der Waals surface area contributed by atoms with E-state index in [2.05, 4.69) is 23.9 Å². The number of likely N-dealkylation sites (tertiary alicyclic amines) is 1. The molecule has 0 amide bonds. The Morgan fingerprint density at radius 1 is 1.11 bits per heavy atom. The van der Waals surface area contributed by atoms with Gasteiger partial charge < -0.3 is 9.80 Å². The summed E-state index contributed by atoms with van der Waals surface area (Å²) in [6.07, 6.45) is 12.1. The van der Waals surface area contributed by atoms with Crippen LogP contribution in [0.4, 0.5) is 0 Å². The zero-order chi connectivity index (χ0) is 13.3. The van der Waals surface area contributed by atoms with Crippen molar-refractivity contribution in [3.8, 4) is 0 Å². The van der Waals surface area contributed by atoms with E-state index in [9.17, 15) is 0 Å². The van der Waals surface area contributed by atoms with Crippen LogP contribution in [-0.2, 0) is 0 Å². The summed E-state index contributed by atoms with van der Waals surface area (Å²) >= 11 is 0. The van der Waals surface area contributed by atoms with Crippen molar-refractivity contribution in [2.24, 2.45) is 17.3 Å². The molecule has 3 fully saturated rings. The van der Waals surface area contributed by atoms with Crippen molar-refractivity contribution >= 4 is 0 Å². The largest absolute Gasteiger partial charge is 0.309 e.